The molecule has 0 unspecified atom stereocenters. The Morgan fingerprint density at radius 1 is 0.600 bits per heavy atom. The van der Waals surface area contributed by atoms with E-state index >= 15 is 0 Å². The molecule has 0 fully saturated rings. The van der Waals surface area contributed by atoms with Crippen molar-refractivity contribution in [2.24, 2.45) is 0 Å². The molecule has 2 rings (SSSR count). The van der Waals surface area contributed by atoms with Crippen molar-refractivity contribution < 1.29 is 0 Å². The van der Waals surface area contributed by atoms with Gasteiger partial charge in [-0.05, 0) is 46.5 Å². The lowest BCUT2D eigenvalue weighted by molar-refractivity contribution is 1.51. The van der Waals surface area contributed by atoms with Crippen molar-refractivity contribution in [3.63, 3.8) is 0 Å². The first-order valence-corrected chi connectivity index (χ1v) is 9.84. The van der Waals surface area contributed by atoms with Crippen LogP contribution < -0.4 is 0 Å². The summed E-state index contributed by atoms with van der Waals surface area (Å²) in [6.07, 6.45) is 0. The highest BCUT2D eigenvalue weighted by Gasteiger charge is 2.10. The molecule has 0 radical (unpaired) electrons. The molecule has 0 aliphatic carbocycles. The first kappa shape index (κ1) is 16.5. The van der Waals surface area contributed by atoms with E-state index in [9.17, 15) is 0 Å². The van der Waals surface area contributed by atoms with Crippen LogP contribution in [0.1, 0.15) is 11.1 Å². The van der Waals surface area contributed by atoms with Gasteiger partial charge in [0, 0.05) is 19.6 Å². The van der Waals surface area contributed by atoms with Crippen LogP contribution in [0, 0.1) is 0 Å². The van der Waals surface area contributed by atoms with Crippen LogP contribution in [0.5, 0.6) is 0 Å². The SMILES string of the molecule is BrC/C(=C(/CBr)c1ccc(Br)cc1)c1ccc(Br)cc1. The highest BCUT2D eigenvalue weighted by atomic mass is 79.9. The summed E-state index contributed by atoms with van der Waals surface area (Å²) >= 11 is 14.2. The summed E-state index contributed by atoms with van der Waals surface area (Å²) in [6.45, 7) is 0. The second-order valence-electron chi connectivity index (χ2n) is 4.24. The van der Waals surface area contributed by atoms with Crippen LogP contribution in [-0.2, 0) is 0 Å². The predicted molar refractivity (Wildman–Crippen MR) is 103 cm³/mol. The first-order valence-electron chi connectivity index (χ1n) is 6.01. The molecule has 0 amide bonds. The van der Waals surface area contributed by atoms with Crippen LogP contribution in [0.15, 0.2) is 57.5 Å². The molecular weight excluding hydrogens is 512 g/mol. The minimum absolute atomic E-state index is 0.825. The summed E-state index contributed by atoms with van der Waals surface area (Å²) in [6, 6.07) is 16.9. The largest absolute Gasteiger partial charge is 0.0876 e. The van der Waals surface area contributed by atoms with Gasteiger partial charge in [-0.1, -0.05) is 88.0 Å². The molecule has 0 spiro atoms. The third-order valence-electron chi connectivity index (χ3n) is 3.02. The minimum atomic E-state index is 0.825. The van der Waals surface area contributed by atoms with Crippen molar-refractivity contribution in [3.8, 4) is 0 Å². The highest BCUT2D eigenvalue weighted by Crippen LogP contribution is 2.30. The van der Waals surface area contributed by atoms with Gasteiger partial charge in [0.1, 0.15) is 0 Å². The normalized spacial score (nSPS) is 12.2. The molecule has 0 saturated carbocycles. The molecule has 2 aromatic carbocycles. The lowest BCUT2D eigenvalue weighted by Gasteiger charge is -2.13. The number of halogens is 4. The zero-order chi connectivity index (χ0) is 14.5. The van der Waals surface area contributed by atoms with Crippen molar-refractivity contribution in [1.29, 1.82) is 0 Å². The average Bonchev–Trinajstić information content (AvgIpc) is 2.47. The van der Waals surface area contributed by atoms with Gasteiger partial charge in [0.15, 0.2) is 0 Å². The number of rotatable bonds is 4. The molecule has 0 aliphatic rings. The molecule has 0 saturated heterocycles. The van der Waals surface area contributed by atoms with Crippen molar-refractivity contribution >= 4 is 74.9 Å². The molecule has 0 atom stereocenters. The first-order chi connectivity index (χ1) is 9.65. The van der Waals surface area contributed by atoms with Crippen LogP contribution in [0.2, 0.25) is 0 Å². The van der Waals surface area contributed by atoms with E-state index in [4.69, 9.17) is 0 Å². The Bertz CT molecular complexity index is 542. The summed E-state index contributed by atoms with van der Waals surface area (Å²) in [5, 5.41) is 1.65. The van der Waals surface area contributed by atoms with Crippen LogP contribution >= 0.6 is 63.7 Å². The molecule has 2 aromatic rings. The molecular formula is C16H12Br4. The van der Waals surface area contributed by atoms with E-state index in [0.29, 0.717) is 0 Å². The van der Waals surface area contributed by atoms with Gasteiger partial charge in [-0.15, -0.1) is 0 Å². The van der Waals surface area contributed by atoms with E-state index in [2.05, 4.69) is 112 Å². The maximum Gasteiger partial charge on any atom is 0.0292 e. The highest BCUT2D eigenvalue weighted by molar-refractivity contribution is 9.11. The van der Waals surface area contributed by atoms with Gasteiger partial charge in [-0.25, -0.2) is 0 Å². The average molecular weight is 524 g/mol. The Morgan fingerprint density at radius 2 is 0.900 bits per heavy atom. The fourth-order valence-electron chi connectivity index (χ4n) is 1.97. The van der Waals surface area contributed by atoms with Gasteiger partial charge in [-0.3, -0.25) is 0 Å². The quantitative estimate of drug-likeness (QED) is 0.302. The van der Waals surface area contributed by atoms with E-state index in [0.717, 1.165) is 19.6 Å². The summed E-state index contributed by atoms with van der Waals surface area (Å²) < 4.78 is 2.19. The summed E-state index contributed by atoms with van der Waals surface area (Å²) in [5.41, 5.74) is 5.08. The lowest BCUT2D eigenvalue weighted by atomic mass is 9.97. The number of hydrogen-bond donors (Lipinski definition) is 0. The lowest BCUT2D eigenvalue weighted by Crippen LogP contribution is -1.95. The molecule has 0 nitrogen and oxygen atoms in total. The van der Waals surface area contributed by atoms with Crippen molar-refractivity contribution in [2.75, 3.05) is 10.7 Å². The van der Waals surface area contributed by atoms with Crippen LogP contribution in [-0.4, -0.2) is 10.7 Å². The minimum Gasteiger partial charge on any atom is -0.0876 e. The summed E-state index contributed by atoms with van der Waals surface area (Å²) in [4.78, 5) is 0. The topological polar surface area (TPSA) is 0 Å². The predicted octanol–water partition coefficient (Wildman–Crippen LogP) is 6.91. The summed E-state index contributed by atoms with van der Waals surface area (Å²) in [7, 11) is 0. The van der Waals surface area contributed by atoms with E-state index < -0.39 is 0 Å². The Labute approximate surface area is 153 Å². The molecule has 0 aromatic heterocycles. The van der Waals surface area contributed by atoms with Gasteiger partial charge < -0.3 is 0 Å². The van der Waals surface area contributed by atoms with Gasteiger partial charge in [0.05, 0.1) is 0 Å². The van der Waals surface area contributed by atoms with E-state index in [-0.39, 0.29) is 0 Å². The molecule has 0 bridgehead atoms. The second-order valence-corrected chi connectivity index (χ2v) is 7.19. The third kappa shape index (κ3) is 4.06. The standard InChI is InChI=1S/C16H12Br4/c17-9-15(11-1-5-13(19)6-2-11)16(10-18)12-3-7-14(20)8-4-12/h1-8H,9-10H2/b16-15+. The van der Waals surface area contributed by atoms with Crippen molar-refractivity contribution in [3.05, 3.63) is 68.6 Å². The van der Waals surface area contributed by atoms with Gasteiger partial charge in [0.25, 0.3) is 0 Å². The smallest absolute Gasteiger partial charge is 0.0292 e. The summed E-state index contributed by atoms with van der Waals surface area (Å²) in [5.74, 6) is 0. The third-order valence-corrected chi connectivity index (χ3v) is 5.20. The molecule has 104 valence electrons. The van der Waals surface area contributed by atoms with Crippen LogP contribution in [0.4, 0.5) is 0 Å². The Balaban J connectivity index is 2.52. The fraction of sp³-hybridized carbons (Fsp3) is 0.125. The number of benzene rings is 2. The van der Waals surface area contributed by atoms with E-state index in [1.54, 1.807) is 0 Å². The van der Waals surface area contributed by atoms with Gasteiger partial charge in [-0.2, -0.15) is 0 Å². The maximum absolute atomic E-state index is 3.62. The monoisotopic (exact) mass is 520 g/mol. The maximum atomic E-state index is 3.62. The Morgan fingerprint density at radius 3 is 1.15 bits per heavy atom. The molecule has 20 heavy (non-hydrogen) atoms. The number of allylic oxidation sites excluding steroid dienone is 2. The number of alkyl halides is 2. The molecule has 0 heterocycles. The second kappa shape index (κ2) is 7.92. The zero-order valence-electron chi connectivity index (χ0n) is 10.5. The Kier molecular flexibility index (Phi) is 6.53. The van der Waals surface area contributed by atoms with Gasteiger partial charge >= 0.3 is 0 Å². The van der Waals surface area contributed by atoms with E-state index in [1.807, 2.05) is 0 Å². The fourth-order valence-corrected chi connectivity index (χ4v) is 3.82. The zero-order valence-corrected chi connectivity index (χ0v) is 16.9. The van der Waals surface area contributed by atoms with E-state index in [1.165, 1.54) is 22.3 Å². The molecule has 0 aliphatic heterocycles. The molecule has 0 N–H and O–H groups in total. The van der Waals surface area contributed by atoms with Crippen LogP contribution in [0.3, 0.4) is 0 Å². The van der Waals surface area contributed by atoms with Gasteiger partial charge in [0.2, 0.25) is 0 Å². The molecule has 4 heteroatoms. The van der Waals surface area contributed by atoms with Crippen molar-refractivity contribution in [2.45, 2.75) is 0 Å². The van der Waals surface area contributed by atoms with Crippen molar-refractivity contribution in [1.82, 2.24) is 0 Å². The number of hydrogen-bond acceptors (Lipinski definition) is 0. The van der Waals surface area contributed by atoms with Crippen LogP contribution in [0.25, 0.3) is 11.1 Å². The Hall–Kier alpha value is 0.1000.